The zero-order valence-electron chi connectivity index (χ0n) is 11.0. The van der Waals surface area contributed by atoms with E-state index in [1.807, 2.05) is 24.3 Å². The first kappa shape index (κ1) is 13.8. The summed E-state index contributed by atoms with van der Waals surface area (Å²) in [5.41, 5.74) is 7.28. The van der Waals surface area contributed by atoms with Gasteiger partial charge in [0.25, 0.3) is 0 Å². The van der Waals surface area contributed by atoms with Crippen molar-refractivity contribution in [2.24, 2.45) is 5.73 Å². The second-order valence-electron chi connectivity index (χ2n) is 5.06. The molecular formula is C14H22ClN3. The van der Waals surface area contributed by atoms with Crippen molar-refractivity contribution in [3.63, 3.8) is 0 Å². The monoisotopic (exact) mass is 267 g/mol. The van der Waals surface area contributed by atoms with Gasteiger partial charge in [0.05, 0.1) is 0 Å². The van der Waals surface area contributed by atoms with Gasteiger partial charge in [-0.3, -0.25) is 0 Å². The predicted molar refractivity (Wildman–Crippen MR) is 76.9 cm³/mol. The van der Waals surface area contributed by atoms with Gasteiger partial charge in [-0.25, -0.2) is 0 Å². The minimum absolute atomic E-state index is 0.0401. The van der Waals surface area contributed by atoms with Gasteiger partial charge < -0.3 is 15.5 Å². The fraction of sp³-hybridized carbons (Fsp3) is 0.571. The molecule has 1 fully saturated rings. The summed E-state index contributed by atoms with van der Waals surface area (Å²) >= 11 is 6.16. The highest BCUT2D eigenvalue weighted by Crippen LogP contribution is 2.23. The molecule has 0 aromatic heterocycles. The summed E-state index contributed by atoms with van der Waals surface area (Å²) in [6.07, 6.45) is 0.966. The van der Waals surface area contributed by atoms with Gasteiger partial charge in [-0.2, -0.15) is 0 Å². The third-order valence-electron chi connectivity index (χ3n) is 3.66. The average Bonchev–Trinajstić information content (AvgIpc) is 2.38. The van der Waals surface area contributed by atoms with Crippen LogP contribution in [0, 0.1) is 0 Å². The van der Waals surface area contributed by atoms with E-state index in [2.05, 4.69) is 16.8 Å². The first-order valence-corrected chi connectivity index (χ1v) is 6.95. The van der Waals surface area contributed by atoms with Crippen LogP contribution in [-0.2, 0) is 0 Å². The van der Waals surface area contributed by atoms with E-state index < -0.39 is 0 Å². The molecule has 1 aliphatic rings. The zero-order valence-corrected chi connectivity index (χ0v) is 11.7. The van der Waals surface area contributed by atoms with Crippen LogP contribution in [0.5, 0.6) is 0 Å². The standard InChI is InChI=1S/C14H22ClN3/c1-17-8-10-18(11-9-17)7-6-14(16)12-4-2-3-5-13(12)15/h2-5,14H,6-11,16H2,1H3. The Kier molecular flexibility index (Phi) is 5.01. The summed E-state index contributed by atoms with van der Waals surface area (Å²) in [6, 6.07) is 7.91. The molecule has 4 heteroatoms. The molecule has 100 valence electrons. The molecule has 1 aromatic rings. The maximum absolute atomic E-state index is 6.22. The number of nitrogens with zero attached hydrogens (tertiary/aromatic N) is 2. The number of piperazine rings is 1. The average molecular weight is 268 g/mol. The molecule has 0 amide bonds. The summed E-state index contributed by atoms with van der Waals surface area (Å²) < 4.78 is 0. The maximum Gasteiger partial charge on any atom is 0.0453 e. The number of rotatable bonds is 4. The second-order valence-corrected chi connectivity index (χ2v) is 5.47. The van der Waals surface area contributed by atoms with Gasteiger partial charge in [-0.15, -0.1) is 0 Å². The van der Waals surface area contributed by atoms with Crippen molar-refractivity contribution >= 4 is 11.6 Å². The third kappa shape index (κ3) is 3.69. The zero-order chi connectivity index (χ0) is 13.0. The number of hydrogen-bond acceptors (Lipinski definition) is 3. The van der Waals surface area contributed by atoms with Crippen molar-refractivity contribution in [1.82, 2.24) is 9.80 Å². The molecule has 0 aliphatic carbocycles. The van der Waals surface area contributed by atoms with E-state index in [0.29, 0.717) is 0 Å². The number of hydrogen-bond donors (Lipinski definition) is 1. The highest BCUT2D eigenvalue weighted by Gasteiger charge is 2.16. The Bertz CT molecular complexity index is 375. The smallest absolute Gasteiger partial charge is 0.0453 e. The van der Waals surface area contributed by atoms with Gasteiger partial charge in [-0.1, -0.05) is 29.8 Å². The summed E-state index contributed by atoms with van der Waals surface area (Å²) in [5.74, 6) is 0. The van der Waals surface area contributed by atoms with E-state index in [9.17, 15) is 0 Å². The largest absolute Gasteiger partial charge is 0.324 e. The highest BCUT2D eigenvalue weighted by molar-refractivity contribution is 6.31. The third-order valence-corrected chi connectivity index (χ3v) is 4.00. The molecule has 2 rings (SSSR count). The van der Waals surface area contributed by atoms with Crippen molar-refractivity contribution in [2.45, 2.75) is 12.5 Å². The van der Waals surface area contributed by atoms with Crippen molar-refractivity contribution < 1.29 is 0 Å². The Labute approximate surface area is 115 Å². The van der Waals surface area contributed by atoms with E-state index in [-0.39, 0.29) is 6.04 Å². The van der Waals surface area contributed by atoms with Gasteiger partial charge in [0.15, 0.2) is 0 Å². The van der Waals surface area contributed by atoms with Crippen LogP contribution in [0.2, 0.25) is 5.02 Å². The van der Waals surface area contributed by atoms with Gasteiger partial charge in [0.2, 0.25) is 0 Å². The van der Waals surface area contributed by atoms with Crippen LogP contribution < -0.4 is 5.73 Å². The Morgan fingerprint density at radius 3 is 2.56 bits per heavy atom. The van der Waals surface area contributed by atoms with Gasteiger partial charge in [0.1, 0.15) is 0 Å². The lowest BCUT2D eigenvalue weighted by Crippen LogP contribution is -2.45. The molecule has 0 saturated carbocycles. The molecule has 1 unspecified atom stereocenters. The van der Waals surface area contributed by atoms with Gasteiger partial charge >= 0.3 is 0 Å². The number of nitrogens with two attached hydrogens (primary N) is 1. The lowest BCUT2D eigenvalue weighted by Gasteiger charge is -2.32. The van der Waals surface area contributed by atoms with Crippen molar-refractivity contribution in [1.29, 1.82) is 0 Å². The number of likely N-dealkylation sites (N-methyl/N-ethyl adjacent to an activating group) is 1. The Morgan fingerprint density at radius 2 is 1.89 bits per heavy atom. The Morgan fingerprint density at radius 1 is 1.22 bits per heavy atom. The SMILES string of the molecule is CN1CCN(CCC(N)c2ccccc2Cl)CC1. The highest BCUT2D eigenvalue weighted by atomic mass is 35.5. The van der Waals surface area contributed by atoms with Gasteiger partial charge in [0, 0.05) is 43.8 Å². The van der Waals surface area contributed by atoms with Crippen molar-refractivity contribution in [3.8, 4) is 0 Å². The molecule has 3 nitrogen and oxygen atoms in total. The van der Waals surface area contributed by atoms with Crippen molar-refractivity contribution in [3.05, 3.63) is 34.9 Å². The van der Waals surface area contributed by atoms with Crippen LogP contribution in [0.4, 0.5) is 0 Å². The molecule has 1 aromatic carbocycles. The van der Waals surface area contributed by atoms with E-state index >= 15 is 0 Å². The molecule has 0 bridgehead atoms. The van der Waals surface area contributed by atoms with Crippen LogP contribution >= 0.6 is 11.6 Å². The predicted octanol–water partition coefficient (Wildman–Crippen LogP) is 1.98. The summed E-state index contributed by atoms with van der Waals surface area (Å²) in [4.78, 5) is 4.85. The molecular weight excluding hydrogens is 246 g/mol. The summed E-state index contributed by atoms with van der Waals surface area (Å²) in [5, 5.41) is 0.781. The molecule has 1 atom stereocenters. The summed E-state index contributed by atoms with van der Waals surface area (Å²) in [7, 11) is 2.17. The molecule has 1 aliphatic heterocycles. The summed E-state index contributed by atoms with van der Waals surface area (Å²) in [6.45, 7) is 5.65. The minimum atomic E-state index is 0.0401. The first-order chi connectivity index (χ1) is 8.66. The lowest BCUT2D eigenvalue weighted by molar-refractivity contribution is 0.150. The first-order valence-electron chi connectivity index (χ1n) is 6.57. The number of halogens is 1. The van der Waals surface area contributed by atoms with Gasteiger partial charge in [-0.05, 0) is 25.1 Å². The Balaban J connectivity index is 1.81. The van der Waals surface area contributed by atoms with E-state index in [1.165, 1.54) is 0 Å². The minimum Gasteiger partial charge on any atom is -0.324 e. The molecule has 0 radical (unpaired) electrons. The van der Waals surface area contributed by atoms with E-state index in [0.717, 1.165) is 49.7 Å². The fourth-order valence-corrected chi connectivity index (χ4v) is 2.60. The topological polar surface area (TPSA) is 32.5 Å². The normalized spacial score (nSPS) is 19.9. The molecule has 1 heterocycles. The second kappa shape index (κ2) is 6.53. The van der Waals surface area contributed by atoms with Crippen LogP contribution in [0.3, 0.4) is 0 Å². The molecule has 18 heavy (non-hydrogen) atoms. The fourth-order valence-electron chi connectivity index (χ4n) is 2.32. The Hall–Kier alpha value is -0.610. The quantitative estimate of drug-likeness (QED) is 0.906. The van der Waals surface area contributed by atoms with Crippen LogP contribution in [0.1, 0.15) is 18.0 Å². The van der Waals surface area contributed by atoms with Crippen molar-refractivity contribution in [2.75, 3.05) is 39.8 Å². The molecule has 1 saturated heterocycles. The molecule has 2 N–H and O–H groups in total. The maximum atomic E-state index is 6.22. The van der Waals surface area contributed by atoms with E-state index in [1.54, 1.807) is 0 Å². The van der Waals surface area contributed by atoms with E-state index in [4.69, 9.17) is 17.3 Å². The van der Waals surface area contributed by atoms with Crippen LogP contribution in [0.15, 0.2) is 24.3 Å². The van der Waals surface area contributed by atoms with Crippen LogP contribution in [-0.4, -0.2) is 49.6 Å². The number of benzene rings is 1. The van der Waals surface area contributed by atoms with Crippen LogP contribution in [0.25, 0.3) is 0 Å². The molecule has 0 spiro atoms. The lowest BCUT2D eigenvalue weighted by atomic mass is 10.0.